The number of rotatable bonds is 2. The average molecular weight is 238 g/mol. The van der Waals surface area contributed by atoms with Crippen LogP contribution in [-0.4, -0.2) is 39.6 Å². The number of amides is 1. The number of aromatic nitrogens is 1. The van der Waals surface area contributed by atoms with Crippen LogP contribution >= 0.6 is 0 Å². The fourth-order valence-electron chi connectivity index (χ4n) is 1.84. The predicted molar refractivity (Wildman–Crippen MR) is 59.9 cm³/mol. The van der Waals surface area contributed by atoms with Gasteiger partial charge in [0, 0.05) is 6.20 Å². The van der Waals surface area contributed by atoms with E-state index in [0.29, 0.717) is 0 Å². The number of hydrogen-bond acceptors (Lipinski definition) is 3. The maximum Gasteiger partial charge on any atom is 0.257 e. The third kappa shape index (κ3) is 2.02. The fraction of sp³-hybridized carbons (Fsp3) is 0.500. The van der Waals surface area contributed by atoms with Gasteiger partial charge in [0.05, 0.1) is 24.8 Å². The standard InChI is InChI=1S/C12H15FN2O2/c1-8(2)12(17)6-15(7-12)11(16)9-3-4-14-5-10(9)13/h3-5,8,17H,6-7H2,1-2H3. The molecule has 1 aromatic heterocycles. The summed E-state index contributed by atoms with van der Waals surface area (Å²) < 4.78 is 13.3. The molecular formula is C12H15FN2O2. The Hall–Kier alpha value is -1.49. The second-order valence-electron chi connectivity index (χ2n) is 4.78. The maximum absolute atomic E-state index is 13.3. The van der Waals surface area contributed by atoms with E-state index in [9.17, 15) is 14.3 Å². The summed E-state index contributed by atoms with van der Waals surface area (Å²) in [5, 5.41) is 10.0. The van der Waals surface area contributed by atoms with E-state index in [2.05, 4.69) is 4.98 Å². The summed E-state index contributed by atoms with van der Waals surface area (Å²) in [5.74, 6) is -0.943. The molecule has 0 atom stereocenters. The minimum absolute atomic E-state index is 0.00538. The summed E-state index contributed by atoms with van der Waals surface area (Å²) in [7, 11) is 0. The number of pyridine rings is 1. The number of carbonyl (C=O) groups is 1. The first-order valence-corrected chi connectivity index (χ1v) is 5.55. The van der Waals surface area contributed by atoms with E-state index in [1.54, 1.807) is 0 Å². The van der Waals surface area contributed by atoms with Crippen LogP contribution in [0.2, 0.25) is 0 Å². The highest BCUT2D eigenvalue weighted by Gasteiger charge is 2.46. The van der Waals surface area contributed by atoms with Crippen LogP contribution in [0.1, 0.15) is 24.2 Å². The molecule has 0 unspecified atom stereocenters. The first-order valence-electron chi connectivity index (χ1n) is 5.55. The van der Waals surface area contributed by atoms with Crippen molar-refractivity contribution < 1.29 is 14.3 Å². The van der Waals surface area contributed by atoms with Crippen LogP contribution in [0, 0.1) is 11.7 Å². The van der Waals surface area contributed by atoms with Crippen molar-refractivity contribution >= 4 is 5.91 Å². The van der Waals surface area contributed by atoms with Crippen LogP contribution in [0.25, 0.3) is 0 Å². The van der Waals surface area contributed by atoms with E-state index >= 15 is 0 Å². The van der Waals surface area contributed by atoms with E-state index in [1.165, 1.54) is 17.2 Å². The molecule has 5 heteroatoms. The molecular weight excluding hydrogens is 223 g/mol. The van der Waals surface area contributed by atoms with Gasteiger partial charge >= 0.3 is 0 Å². The van der Waals surface area contributed by atoms with Gasteiger partial charge in [-0.1, -0.05) is 13.8 Å². The second-order valence-corrected chi connectivity index (χ2v) is 4.78. The van der Waals surface area contributed by atoms with E-state index in [-0.39, 0.29) is 24.6 Å². The van der Waals surface area contributed by atoms with Crippen LogP contribution in [0.4, 0.5) is 4.39 Å². The predicted octanol–water partition coefficient (Wildman–Crippen LogP) is 1.06. The van der Waals surface area contributed by atoms with Crippen LogP contribution in [0.5, 0.6) is 0 Å². The number of halogens is 1. The summed E-state index contributed by atoms with van der Waals surface area (Å²) in [6.07, 6.45) is 2.40. The second kappa shape index (κ2) is 4.07. The van der Waals surface area contributed by atoms with E-state index in [0.717, 1.165) is 6.20 Å². The number of likely N-dealkylation sites (tertiary alicyclic amines) is 1. The van der Waals surface area contributed by atoms with E-state index < -0.39 is 17.3 Å². The number of nitrogens with zero attached hydrogens (tertiary/aromatic N) is 2. The van der Waals surface area contributed by atoms with Gasteiger partial charge in [-0.3, -0.25) is 9.78 Å². The highest BCUT2D eigenvalue weighted by molar-refractivity contribution is 5.95. The van der Waals surface area contributed by atoms with E-state index in [4.69, 9.17) is 0 Å². The van der Waals surface area contributed by atoms with Crippen molar-refractivity contribution in [3.8, 4) is 0 Å². The zero-order valence-corrected chi connectivity index (χ0v) is 9.85. The van der Waals surface area contributed by atoms with Crippen LogP contribution in [0.3, 0.4) is 0 Å². The third-order valence-corrected chi connectivity index (χ3v) is 3.29. The average Bonchev–Trinajstić information content (AvgIpc) is 2.24. The van der Waals surface area contributed by atoms with Gasteiger partial charge in [-0.2, -0.15) is 0 Å². The van der Waals surface area contributed by atoms with Gasteiger partial charge in [0.25, 0.3) is 5.91 Å². The molecule has 2 rings (SSSR count). The van der Waals surface area contributed by atoms with Crippen molar-refractivity contribution in [2.75, 3.05) is 13.1 Å². The summed E-state index contributed by atoms with van der Waals surface area (Å²) in [6, 6.07) is 1.35. The zero-order valence-electron chi connectivity index (χ0n) is 9.85. The van der Waals surface area contributed by atoms with Gasteiger partial charge < -0.3 is 10.0 Å². The van der Waals surface area contributed by atoms with Crippen molar-refractivity contribution in [3.05, 3.63) is 29.8 Å². The topological polar surface area (TPSA) is 53.4 Å². The number of aliphatic hydroxyl groups is 1. The molecule has 17 heavy (non-hydrogen) atoms. The minimum Gasteiger partial charge on any atom is -0.386 e. The summed E-state index contributed by atoms with van der Waals surface area (Å²) in [5.41, 5.74) is -0.829. The molecule has 1 saturated heterocycles. The molecule has 1 amide bonds. The van der Waals surface area contributed by atoms with Gasteiger partial charge in [0.2, 0.25) is 0 Å². The third-order valence-electron chi connectivity index (χ3n) is 3.29. The molecule has 92 valence electrons. The number of hydrogen-bond donors (Lipinski definition) is 1. The van der Waals surface area contributed by atoms with Gasteiger partial charge in [0.1, 0.15) is 5.60 Å². The number of β-amino-alcohol motifs (C(OH)–C–C–N with tert-alkyl or cyclic N) is 1. The van der Waals surface area contributed by atoms with Crippen LogP contribution in [-0.2, 0) is 0 Å². The first kappa shape index (κ1) is 12.0. The molecule has 1 aromatic rings. The van der Waals surface area contributed by atoms with E-state index in [1.807, 2.05) is 13.8 Å². The lowest BCUT2D eigenvalue weighted by Crippen LogP contribution is -2.66. The number of carbonyl (C=O) groups excluding carboxylic acids is 1. The summed E-state index contributed by atoms with van der Waals surface area (Å²) >= 11 is 0. The Labute approximate surface area is 99.1 Å². The Morgan fingerprint density at radius 3 is 2.76 bits per heavy atom. The molecule has 1 aliphatic rings. The normalized spacial score (nSPS) is 18.1. The molecule has 1 fully saturated rings. The van der Waals surface area contributed by atoms with Gasteiger partial charge in [-0.25, -0.2) is 4.39 Å². The maximum atomic E-state index is 13.3. The van der Waals surface area contributed by atoms with Crippen molar-refractivity contribution in [2.24, 2.45) is 5.92 Å². The monoisotopic (exact) mass is 238 g/mol. The molecule has 0 bridgehead atoms. The minimum atomic E-state index is -0.834. The van der Waals surface area contributed by atoms with Crippen molar-refractivity contribution in [1.82, 2.24) is 9.88 Å². The quantitative estimate of drug-likeness (QED) is 0.838. The SMILES string of the molecule is CC(C)C1(O)CN(C(=O)c2ccncc2F)C1. The molecule has 0 aromatic carbocycles. The van der Waals surface area contributed by atoms with Gasteiger partial charge in [-0.05, 0) is 12.0 Å². The molecule has 1 aliphatic heterocycles. The fourth-order valence-corrected chi connectivity index (χ4v) is 1.84. The van der Waals surface area contributed by atoms with Gasteiger partial charge in [-0.15, -0.1) is 0 Å². The molecule has 0 radical (unpaired) electrons. The van der Waals surface area contributed by atoms with Crippen molar-refractivity contribution in [2.45, 2.75) is 19.4 Å². The lowest BCUT2D eigenvalue weighted by molar-refractivity contribution is -0.111. The molecule has 0 saturated carbocycles. The summed E-state index contributed by atoms with van der Waals surface area (Å²) in [6.45, 7) is 4.31. The Kier molecular flexibility index (Phi) is 2.87. The Bertz CT molecular complexity index is 442. The van der Waals surface area contributed by atoms with Crippen molar-refractivity contribution in [1.29, 1.82) is 0 Å². The highest BCUT2D eigenvalue weighted by Crippen LogP contribution is 2.29. The Balaban J connectivity index is 2.08. The smallest absolute Gasteiger partial charge is 0.257 e. The van der Waals surface area contributed by atoms with Gasteiger partial charge in [0.15, 0.2) is 5.82 Å². The van der Waals surface area contributed by atoms with Crippen molar-refractivity contribution in [3.63, 3.8) is 0 Å². The Morgan fingerprint density at radius 2 is 2.24 bits per heavy atom. The lowest BCUT2D eigenvalue weighted by Gasteiger charge is -2.49. The van der Waals surface area contributed by atoms with Crippen LogP contribution in [0.15, 0.2) is 18.5 Å². The van der Waals surface area contributed by atoms with Crippen LogP contribution < -0.4 is 0 Å². The molecule has 0 spiro atoms. The Morgan fingerprint density at radius 1 is 1.59 bits per heavy atom. The summed E-state index contributed by atoms with van der Waals surface area (Å²) in [4.78, 5) is 16.9. The zero-order chi connectivity index (χ0) is 12.6. The molecule has 1 N–H and O–H groups in total. The highest BCUT2D eigenvalue weighted by atomic mass is 19.1. The lowest BCUT2D eigenvalue weighted by atomic mass is 9.82. The molecule has 4 nitrogen and oxygen atoms in total. The molecule has 0 aliphatic carbocycles. The first-order chi connectivity index (χ1) is 7.94. The molecule has 2 heterocycles. The largest absolute Gasteiger partial charge is 0.386 e.